The molecule has 1 aromatic carbocycles. The Kier molecular flexibility index (Phi) is 5.09. The second kappa shape index (κ2) is 7.86. The highest BCUT2D eigenvalue weighted by Crippen LogP contribution is 2.68. The summed E-state index contributed by atoms with van der Waals surface area (Å²) < 4.78 is 10.9. The first-order valence-electron chi connectivity index (χ1n) is 11.5. The number of aromatic nitrogens is 1. The lowest BCUT2D eigenvalue weighted by atomic mass is 9.68. The van der Waals surface area contributed by atoms with Gasteiger partial charge in [0.15, 0.2) is 11.5 Å². The van der Waals surface area contributed by atoms with Gasteiger partial charge in [0, 0.05) is 16.0 Å². The van der Waals surface area contributed by atoms with Gasteiger partial charge in [-0.25, -0.2) is 4.79 Å². The quantitative estimate of drug-likeness (QED) is 0.581. The second-order valence-corrected chi connectivity index (χ2v) is 11.8. The van der Waals surface area contributed by atoms with Crippen LogP contribution in [0.15, 0.2) is 28.0 Å². The molecular formula is C24H24N2O7S2. The van der Waals surface area contributed by atoms with Crippen LogP contribution in [0.1, 0.15) is 29.7 Å². The Morgan fingerprint density at radius 1 is 1.11 bits per heavy atom. The van der Waals surface area contributed by atoms with Crippen LogP contribution in [0.5, 0.6) is 11.5 Å². The first-order valence-corrected chi connectivity index (χ1v) is 13.2. The Morgan fingerprint density at radius 2 is 1.80 bits per heavy atom. The fourth-order valence-electron chi connectivity index (χ4n) is 6.95. The lowest BCUT2D eigenvalue weighted by Crippen LogP contribution is -2.44. The molecule has 2 amide bonds. The molecule has 184 valence electrons. The number of methoxy groups -OCH3 is 2. The average Bonchev–Trinajstić information content (AvgIpc) is 3.56. The number of H-pyrrole nitrogens is 1. The van der Waals surface area contributed by atoms with Crippen molar-refractivity contribution in [2.45, 2.75) is 35.6 Å². The monoisotopic (exact) mass is 516 g/mol. The zero-order chi connectivity index (χ0) is 24.8. The van der Waals surface area contributed by atoms with E-state index in [1.807, 2.05) is 18.2 Å². The maximum absolute atomic E-state index is 13.4. The van der Waals surface area contributed by atoms with Gasteiger partial charge in [0.05, 0.1) is 31.1 Å². The summed E-state index contributed by atoms with van der Waals surface area (Å²) in [5.41, 5.74) is 0.964. The van der Waals surface area contributed by atoms with Gasteiger partial charge >= 0.3 is 10.8 Å². The third-order valence-electron chi connectivity index (χ3n) is 8.27. The van der Waals surface area contributed by atoms with Gasteiger partial charge in [-0.15, -0.1) is 11.8 Å². The van der Waals surface area contributed by atoms with Crippen LogP contribution in [0.4, 0.5) is 0 Å². The third-order valence-corrected chi connectivity index (χ3v) is 10.9. The van der Waals surface area contributed by atoms with Gasteiger partial charge in [0.25, 0.3) is 0 Å². The number of hydrogen-bond acceptors (Lipinski definition) is 8. The number of amides is 2. The summed E-state index contributed by atoms with van der Waals surface area (Å²) in [5.74, 6) is -2.01. The highest BCUT2D eigenvalue weighted by molar-refractivity contribution is 8.00. The third kappa shape index (κ3) is 3.00. The number of aromatic amines is 1. The van der Waals surface area contributed by atoms with Crippen LogP contribution in [-0.2, 0) is 14.4 Å². The summed E-state index contributed by atoms with van der Waals surface area (Å²) in [6.07, 6.45) is 0.743. The van der Waals surface area contributed by atoms with Crippen molar-refractivity contribution in [3.8, 4) is 11.5 Å². The Hall–Kier alpha value is -2.79. The van der Waals surface area contributed by atoms with Gasteiger partial charge in [-0.1, -0.05) is 17.4 Å². The molecule has 11 heteroatoms. The number of carbonyl (C=O) groups is 3. The molecule has 2 aliphatic carbocycles. The van der Waals surface area contributed by atoms with Gasteiger partial charge < -0.3 is 19.6 Å². The Balaban J connectivity index is 1.46. The predicted octanol–water partition coefficient (Wildman–Crippen LogP) is 2.40. The predicted molar refractivity (Wildman–Crippen MR) is 127 cm³/mol. The highest BCUT2D eigenvalue weighted by Gasteiger charge is 2.70. The molecular weight excluding hydrogens is 492 g/mol. The van der Waals surface area contributed by atoms with Gasteiger partial charge in [0.2, 0.25) is 11.8 Å². The van der Waals surface area contributed by atoms with Crippen LogP contribution in [0.2, 0.25) is 0 Å². The van der Waals surface area contributed by atoms with Gasteiger partial charge in [0.1, 0.15) is 6.04 Å². The number of ether oxygens (including phenoxy) is 2. The number of likely N-dealkylation sites (tertiary alicyclic amines) is 1. The van der Waals surface area contributed by atoms with E-state index in [1.54, 1.807) is 26.0 Å². The first-order chi connectivity index (χ1) is 16.8. The molecule has 3 fully saturated rings. The van der Waals surface area contributed by atoms with Crippen LogP contribution in [0.25, 0.3) is 0 Å². The average molecular weight is 517 g/mol. The van der Waals surface area contributed by atoms with Crippen LogP contribution in [0.3, 0.4) is 0 Å². The molecule has 1 aromatic heterocycles. The molecule has 2 bridgehead atoms. The fourth-order valence-corrected chi connectivity index (χ4v) is 9.84. The standard InChI is InChI=1S/C24H24N2O7S2/c1-8(23(29)30)26-21(27)16-10-7-11(17(16)22(26)28)18-15(10)14(19-20(34-18)25-24(31)35-19)9-4-5-12(32-2)13(6-9)33-3/h4-6,8,10-11,14-18H,7H2,1-3H3,(H,25,31)(H,29,30)/t8-,10-,11+,14+,15+,16+,17+,18-/m1/s1. The zero-order valence-corrected chi connectivity index (χ0v) is 20.9. The minimum atomic E-state index is -1.19. The van der Waals surface area contributed by atoms with E-state index in [-0.39, 0.29) is 45.6 Å². The van der Waals surface area contributed by atoms with Crippen LogP contribution < -0.4 is 14.3 Å². The van der Waals surface area contributed by atoms with Crippen molar-refractivity contribution in [3.05, 3.63) is 38.3 Å². The van der Waals surface area contributed by atoms with Crippen LogP contribution in [-0.4, -0.2) is 58.3 Å². The number of fused-ring (bicyclic) bond motifs is 9. The number of benzene rings is 1. The first kappa shape index (κ1) is 22.7. The number of carbonyl (C=O) groups excluding carboxylic acids is 2. The molecule has 35 heavy (non-hydrogen) atoms. The number of thioether (sulfide) groups is 1. The van der Waals surface area contributed by atoms with Crippen molar-refractivity contribution in [2.75, 3.05) is 14.2 Å². The summed E-state index contributed by atoms with van der Waals surface area (Å²) in [6, 6.07) is 4.55. The molecule has 0 spiro atoms. The largest absolute Gasteiger partial charge is 0.493 e. The van der Waals surface area contributed by atoms with Gasteiger partial charge in [-0.3, -0.25) is 19.3 Å². The van der Waals surface area contributed by atoms with Crippen molar-refractivity contribution in [1.29, 1.82) is 0 Å². The number of carboxylic acids is 1. The minimum absolute atomic E-state index is 0.0279. The summed E-state index contributed by atoms with van der Waals surface area (Å²) >= 11 is 2.78. The maximum Gasteiger partial charge on any atom is 0.326 e. The summed E-state index contributed by atoms with van der Waals surface area (Å²) in [7, 11) is 3.15. The van der Waals surface area contributed by atoms with Crippen molar-refractivity contribution in [2.24, 2.45) is 29.6 Å². The molecule has 2 aliphatic heterocycles. The van der Waals surface area contributed by atoms with E-state index in [9.17, 15) is 24.3 Å². The van der Waals surface area contributed by atoms with E-state index in [1.165, 1.54) is 18.3 Å². The smallest absolute Gasteiger partial charge is 0.326 e. The Bertz CT molecular complexity index is 1320. The molecule has 3 heterocycles. The molecule has 8 atom stereocenters. The van der Waals surface area contributed by atoms with Crippen LogP contribution in [0, 0.1) is 29.6 Å². The molecule has 2 saturated carbocycles. The lowest BCUT2D eigenvalue weighted by molar-refractivity contribution is -0.154. The Labute approximate surface area is 208 Å². The topological polar surface area (TPSA) is 126 Å². The molecule has 6 rings (SSSR count). The zero-order valence-electron chi connectivity index (χ0n) is 19.2. The summed E-state index contributed by atoms with van der Waals surface area (Å²) in [5, 5.41) is 10.3. The number of thiazole rings is 1. The summed E-state index contributed by atoms with van der Waals surface area (Å²) in [6.45, 7) is 1.39. The molecule has 2 aromatic rings. The SMILES string of the molecule is COc1ccc([C@@H]2c3sc(=O)[nH]c3S[C@@H]3[C@H]4C[C@@H]([C@@H]5C(=O)N([C@H](C)C(=O)O)C(=O)[C@@H]45)[C@@H]23)cc1OC. The van der Waals surface area contributed by atoms with E-state index >= 15 is 0 Å². The van der Waals surface area contributed by atoms with Crippen molar-refractivity contribution in [1.82, 2.24) is 9.88 Å². The van der Waals surface area contributed by atoms with E-state index in [0.29, 0.717) is 11.5 Å². The molecule has 0 unspecified atom stereocenters. The van der Waals surface area contributed by atoms with Gasteiger partial charge in [-0.05, 0) is 48.8 Å². The molecule has 1 saturated heterocycles. The van der Waals surface area contributed by atoms with Crippen molar-refractivity contribution >= 4 is 40.9 Å². The van der Waals surface area contributed by atoms with E-state index in [0.717, 1.165) is 26.8 Å². The normalized spacial score (nSPS) is 33.3. The lowest BCUT2D eigenvalue weighted by Gasteiger charge is -2.43. The molecule has 9 nitrogen and oxygen atoms in total. The molecule has 0 radical (unpaired) electrons. The van der Waals surface area contributed by atoms with Crippen LogP contribution >= 0.6 is 23.1 Å². The second-order valence-electron chi connectivity index (χ2n) is 9.64. The molecule has 2 N–H and O–H groups in total. The minimum Gasteiger partial charge on any atom is -0.493 e. The van der Waals surface area contributed by atoms with Crippen molar-refractivity contribution in [3.63, 3.8) is 0 Å². The Morgan fingerprint density at radius 3 is 2.46 bits per heavy atom. The summed E-state index contributed by atoms with van der Waals surface area (Å²) in [4.78, 5) is 55.5. The maximum atomic E-state index is 13.4. The highest BCUT2D eigenvalue weighted by atomic mass is 32.2. The van der Waals surface area contributed by atoms with Crippen molar-refractivity contribution < 1.29 is 29.0 Å². The van der Waals surface area contributed by atoms with Gasteiger partial charge in [-0.2, -0.15) is 0 Å². The van der Waals surface area contributed by atoms with E-state index < -0.39 is 23.8 Å². The number of imide groups is 1. The number of hydrogen-bond donors (Lipinski definition) is 2. The number of nitrogens with zero attached hydrogens (tertiary/aromatic N) is 1. The molecule has 4 aliphatic rings. The fraction of sp³-hybridized carbons (Fsp3) is 0.500. The number of rotatable bonds is 5. The van der Waals surface area contributed by atoms with E-state index in [4.69, 9.17) is 9.47 Å². The number of aliphatic carboxylic acids is 1. The van der Waals surface area contributed by atoms with E-state index in [2.05, 4.69) is 4.98 Å². The number of nitrogens with one attached hydrogen (secondary N) is 1. The number of carboxylic acid groups (broad SMARTS) is 1.